The normalized spacial score (nSPS) is 12.3. The van der Waals surface area contributed by atoms with Crippen LogP contribution in [-0.4, -0.2) is 12.8 Å². The third-order valence-corrected chi connectivity index (χ3v) is 2.54. The van der Waals surface area contributed by atoms with Crippen molar-refractivity contribution < 1.29 is 17.9 Å². The molecule has 0 radical (unpaired) electrons. The molecule has 1 rings (SSSR count). The van der Waals surface area contributed by atoms with Crippen LogP contribution in [0, 0.1) is 11.3 Å². The predicted molar refractivity (Wildman–Crippen MR) is 71.3 cm³/mol. The van der Waals surface area contributed by atoms with Crippen molar-refractivity contribution >= 4 is 5.70 Å². The molecule has 0 aliphatic rings. The Bertz CT molecular complexity index is 549. The molecule has 1 aromatic rings. The number of hydrogen-bond acceptors (Lipinski definition) is 5. The Hall–Kier alpha value is -2.40. The third kappa shape index (κ3) is 5.62. The molecule has 8 heteroatoms. The number of nitrogens with two attached hydrogens (primary N) is 2. The number of hydrazine groups is 1. The second kappa shape index (κ2) is 7.40. The van der Waals surface area contributed by atoms with Gasteiger partial charge in [-0.3, -0.25) is 0 Å². The Morgan fingerprint density at radius 2 is 2.10 bits per heavy atom. The van der Waals surface area contributed by atoms with Gasteiger partial charge in [-0.2, -0.15) is 18.4 Å². The third-order valence-electron chi connectivity index (χ3n) is 2.54. The largest absolute Gasteiger partial charge is 0.494 e. The molecule has 0 saturated heterocycles. The first-order valence-corrected chi connectivity index (χ1v) is 6.04. The minimum absolute atomic E-state index is 0.00998. The van der Waals surface area contributed by atoms with Gasteiger partial charge in [0, 0.05) is 12.0 Å². The average Bonchev–Trinajstić information content (AvgIpc) is 2.44. The van der Waals surface area contributed by atoms with Crippen molar-refractivity contribution in [2.75, 3.05) is 6.61 Å². The first-order valence-electron chi connectivity index (χ1n) is 6.04. The Kier molecular flexibility index (Phi) is 5.87. The molecule has 114 valence electrons. The van der Waals surface area contributed by atoms with Gasteiger partial charge >= 0.3 is 6.18 Å². The van der Waals surface area contributed by atoms with E-state index in [1.54, 1.807) is 24.3 Å². The van der Waals surface area contributed by atoms with Crippen molar-refractivity contribution in [3.05, 3.63) is 35.5 Å². The number of ether oxygens (including phenoxy) is 1. The van der Waals surface area contributed by atoms with Gasteiger partial charge in [0.1, 0.15) is 11.8 Å². The molecular formula is C13H15F3N4O. The van der Waals surface area contributed by atoms with Crippen LogP contribution < -0.4 is 21.7 Å². The maximum absolute atomic E-state index is 12.0. The number of nitrogens with zero attached hydrogens (tertiary/aromatic N) is 1. The second-order valence-electron chi connectivity index (χ2n) is 4.14. The lowest BCUT2D eigenvalue weighted by Crippen LogP contribution is -2.23. The zero-order valence-electron chi connectivity index (χ0n) is 11.1. The van der Waals surface area contributed by atoms with Crippen LogP contribution in [0.2, 0.25) is 0 Å². The Labute approximate surface area is 119 Å². The van der Waals surface area contributed by atoms with Gasteiger partial charge in [-0.15, -0.1) is 0 Å². The Morgan fingerprint density at radius 1 is 1.38 bits per heavy atom. The minimum Gasteiger partial charge on any atom is -0.494 e. The van der Waals surface area contributed by atoms with Crippen molar-refractivity contribution in [2.24, 2.45) is 11.6 Å². The first kappa shape index (κ1) is 16.7. The fraction of sp³-hybridized carbons (Fsp3) is 0.308. The van der Waals surface area contributed by atoms with Gasteiger partial charge in [0.2, 0.25) is 0 Å². The summed E-state index contributed by atoms with van der Waals surface area (Å²) in [6.07, 6.45) is -5.22. The zero-order valence-corrected chi connectivity index (χ0v) is 11.1. The maximum atomic E-state index is 12.0. The summed E-state index contributed by atoms with van der Waals surface area (Å²) in [5, 5.41) is 8.81. The Morgan fingerprint density at radius 3 is 2.67 bits per heavy atom. The zero-order chi connectivity index (χ0) is 15.9. The highest BCUT2D eigenvalue weighted by Crippen LogP contribution is 2.22. The average molecular weight is 300 g/mol. The number of hydrogen-bond donors (Lipinski definition) is 3. The van der Waals surface area contributed by atoms with E-state index in [9.17, 15) is 13.2 Å². The molecule has 5 N–H and O–H groups in total. The van der Waals surface area contributed by atoms with Crippen LogP contribution in [0.3, 0.4) is 0 Å². The van der Waals surface area contributed by atoms with E-state index in [0.717, 1.165) is 0 Å². The summed E-state index contributed by atoms with van der Waals surface area (Å²) in [6, 6.07) is 8.16. The standard InChI is InChI=1S/C13H15F3N4O/c14-13(15,16)5-2-6-21-10-4-1-3-9(7-10)12(18)11(8-17)20-19/h1,3-4,7,20H,2,5-6,18-19H2/b12-11-. The molecule has 0 saturated carbocycles. The van der Waals surface area contributed by atoms with Crippen LogP contribution in [0.5, 0.6) is 5.75 Å². The molecule has 0 fully saturated rings. The van der Waals surface area contributed by atoms with Gasteiger partial charge in [-0.25, -0.2) is 5.84 Å². The van der Waals surface area contributed by atoms with Crippen LogP contribution in [0.25, 0.3) is 5.70 Å². The highest BCUT2D eigenvalue weighted by Gasteiger charge is 2.26. The summed E-state index contributed by atoms with van der Waals surface area (Å²) in [6.45, 7) is -0.0627. The second-order valence-corrected chi connectivity index (χ2v) is 4.14. The highest BCUT2D eigenvalue weighted by atomic mass is 19.4. The van der Waals surface area contributed by atoms with E-state index in [2.05, 4.69) is 5.43 Å². The fourth-order valence-electron chi connectivity index (χ4n) is 1.53. The van der Waals surface area contributed by atoms with E-state index < -0.39 is 12.6 Å². The van der Waals surface area contributed by atoms with Gasteiger partial charge in [-0.05, 0) is 18.6 Å². The topological polar surface area (TPSA) is 97.1 Å². The van der Waals surface area contributed by atoms with Crippen LogP contribution in [0.4, 0.5) is 13.2 Å². The van der Waals surface area contributed by atoms with E-state index in [1.165, 1.54) is 6.07 Å². The van der Waals surface area contributed by atoms with E-state index in [0.29, 0.717) is 11.3 Å². The minimum atomic E-state index is -4.19. The summed E-state index contributed by atoms with van der Waals surface area (Å²) in [4.78, 5) is 0. The quantitative estimate of drug-likeness (QED) is 0.323. The van der Waals surface area contributed by atoms with Gasteiger partial charge < -0.3 is 15.9 Å². The first-order chi connectivity index (χ1) is 9.87. The molecule has 0 spiro atoms. The molecule has 0 unspecified atom stereocenters. The van der Waals surface area contributed by atoms with E-state index in [4.69, 9.17) is 21.6 Å². The summed E-state index contributed by atoms with van der Waals surface area (Å²) in [5.74, 6) is 5.52. The van der Waals surface area contributed by atoms with Crippen molar-refractivity contribution in [3.8, 4) is 11.8 Å². The number of benzene rings is 1. The molecule has 0 bridgehead atoms. The molecule has 21 heavy (non-hydrogen) atoms. The molecule has 0 aromatic heterocycles. The van der Waals surface area contributed by atoms with Crippen LogP contribution in [0.15, 0.2) is 30.0 Å². The molecular weight excluding hydrogens is 285 g/mol. The number of nitrogens with one attached hydrogen (secondary N) is 1. The lowest BCUT2D eigenvalue weighted by atomic mass is 10.1. The molecule has 0 aliphatic carbocycles. The molecule has 0 atom stereocenters. The number of nitriles is 1. The fourth-order valence-corrected chi connectivity index (χ4v) is 1.53. The van der Waals surface area contributed by atoms with Crippen molar-refractivity contribution in [3.63, 3.8) is 0 Å². The van der Waals surface area contributed by atoms with Crippen LogP contribution in [-0.2, 0) is 0 Å². The van der Waals surface area contributed by atoms with Crippen molar-refractivity contribution in [1.82, 2.24) is 5.43 Å². The monoisotopic (exact) mass is 300 g/mol. The molecule has 5 nitrogen and oxygen atoms in total. The van der Waals surface area contributed by atoms with Gasteiger partial charge in [-0.1, -0.05) is 12.1 Å². The van der Waals surface area contributed by atoms with E-state index >= 15 is 0 Å². The lowest BCUT2D eigenvalue weighted by Gasteiger charge is -2.10. The highest BCUT2D eigenvalue weighted by molar-refractivity contribution is 5.69. The number of allylic oxidation sites excluding steroid dienone is 1. The van der Waals surface area contributed by atoms with Crippen LogP contribution >= 0.6 is 0 Å². The summed E-state index contributed by atoms with van der Waals surface area (Å²) in [7, 11) is 0. The smallest absolute Gasteiger partial charge is 0.389 e. The summed E-state index contributed by atoms with van der Waals surface area (Å²) in [5.41, 5.74) is 8.52. The predicted octanol–water partition coefficient (Wildman–Crippen LogP) is 2.02. The summed E-state index contributed by atoms with van der Waals surface area (Å²) >= 11 is 0. The molecule has 0 aliphatic heterocycles. The Balaban J connectivity index is 2.70. The lowest BCUT2D eigenvalue weighted by molar-refractivity contribution is -0.136. The van der Waals surface area contributed by atoms with E-state index in [1.807, 2.05) is 0 Å². The number of alkyl halides is 3. The van der Waals surface area contributed by atoms with Gasteiger partial charge in [0.25, 0.3) is 0 Å². The molecule has 0 heterocycles. The SMILES string of the molecule is N#C/C(NN)=C(/N)c1cccc(OCCCC(F)(F)F)c1. The van der Waals surface area contributed by atoms with Crippen molar-refractivity contribution in [2.45, 2.75) is 19.0 Å². The maximum Gasteiger partial charge on any atom is 0.389 e. The van der Waals surface area contributed by atoms with E-state index in [-0.39, 0.29) is 24.4 Å². The van der Waals surface area contributed by atoms with Gasteiger partial charge in [0.05, 0.1) is 12.3 Å². The van der Waals surface area contributed by atoms with Gasteiger partial charge in [0.15, 0.2) is 5.70 Å². The van der Waals surface area contributed by atoms with Crippen molar-refractivity contribution in [1.29, 1.82) is 5.26 Å². The number of halogens is 3. The number of rotatable bonds is 6. The summed E-state index contributed by atoms with van der Waals surface area (Å²) < 4.78 is 41.2. The molecule has 1 aromatic carbocycles. The van der Waals surface area contributed by atoms with Crippen LogP contribution in [0.1, 0.15) is 18.4 Å². The molecule has 0 amide bonds.